The Morgan fingerprint density at radius 3 is 2.58 bits per heavy atom. The van der Waals surface area contributed by atoms with Crippen molar-refractivity contribution in [2.24, 2.45) is 7.05 Å². The zero-order valence-electron chi connectivity index (χ0n) is 11.7. The molecule has 0 radical (unpaired) electrons. The van der Waals surface area contributed by atoms with Crippen molar-refractivity contribution in [3.63, 3.8) is 0 Å². The Morgan fingerprint density at radius 2 is 2.00 bits per heavy atom. The van der Waals surface area contributed by atoms with Crippen LogP contribution in [0, 0.1) is 3.57 Å². The Morgan fingerprint density at radius 1 is 1.32 bits per heavy atom. The number of aromatic nitrogens is 2. The molecule has 0 saturated heterocycles. The average molecular weight is 369 g/mol. The second-order valence-corrected chi connectivity index (χ2v) is 5.98. The first-order valence-electron chi connectivity index (χ1n) is 6.58. The van der Waals surface area contributed by atoms with Gasteiger partial charge in [-0.25, -0.2) is 0 Å². The van der Waals surface area contributed by atoms with E-state index in [-0.39, 0.29) is 0 Å². The topological polar surface area (TPSA) is 29.9 Å². The van der Waals surface area contributed by atoms with E-state index in [4.69, 9.17) is 0 Å². The number of aryl methyl sites for hydroxylation is 2. The monoisotopic (exact) mass is 369 g/mol. The van der Waals surface area contributed by atoms with Crippen molar-refractivity contribution < 1.29 is 0 Å². The molecule has 1 aromatic heterocycles. The van der Waals surface area contributed by atoms with Gasteiger partial charge in [-0.1, -0.05) is 19.1 Å². The Bertz CT molecular complexity index is 531. The smallest absolute Gasteiger partial charge is 0.0669 e. The lowest BCUT2D eigenvalue weighted by molar-refractivity contribution is 0.586. The van der Waals surface area contributed by atoms with Gasteiger partial charge in [-0.2, -0.15) is 5.10 Å². The van der Waals surface area contributed by atoms with Crippen LogP contribution in [0.2, 0.25) is 0 Å². The molecule has 1 aromatic carbocycles. The number of hydrogen-bond donors (Lipinski definition) is 1. The number of benzene rings is 1. The number of nitrogens with one attached hydrogen (secondary N) is 1. The van der Waals surface area contributed by atoms with E-state index in [2.05, 4.69) is 70.4 Å². The summed E-state index contributed by atoms with van der Waals surface area (Å²) in [6, 6.07) is 9.05. The van der Waals surface area contributed by atoms with Crippen LogP contribution in [0.5, 0.6) is 0 Å². The van der Waals surface area contributed by atoms with Crippen LogP contribution in [-0.2, 0) is 19.9 Å². The van der Waals surface area contributed by atoms with Crippen LogP contribution in [0.1, 0.15) is 29.8 Å². The van der Waals surface area contributed by atoms with E-state index >= 15 is 0 Å². The highest BCUT2D eigenvalue weighted by atomic mass is 127. The number of halogens is 1. The van der Waals surface area contributed by atoms with E-state index in [0.717, 1.165) is 12.8 Å². The van der Waals surface area contributed by atoms with Gasteiger partial charge in [0.05, 0.1) is 5.69 Å². The molecule has 1 atom stereocenters. The predicted octanol–water partition coefficient (Wildman–Crippen LogP) is 3.09. The molecule has 1 heterocycles. The number of rotatable bonds is 5. The molecule has 2 aromatic rings. The van der Waals surface area contributed by atoms with Crippen LogP contribution in [0.3, 0.4) is 0 Å². The summed E-state index contributed by atoms with van der Waals surface area (Å²) in [6.45, 7) is 2.16. The summed E-state index contributed by atoms with van der Waals surface area (Å²) in [5, 5.41) is 7.94. The summed E-state index contributed by atoms with van der Waals surface area (Å²) >= 11 is 2.34. The van der Waals surface area contributed by atoms with Crippen LogP contribution >= 0.6 is 22.6 Å². The van der Waals surface area contributed by atoms with Gasteiger partial charge < -0.3 is 5.32 Å². The van der Waals surface area contributed by atoms with E-state index in [1.807, 2.05) is 18.8 Å². The van der Waals surface area contributed by atoms with Crippen LogP contribution in [0.25, 0.3) is 0 Å². The lowest BCUT2D eigenvalue weighted by atomic mass is 9.99. The normalized spacial score (nSPS) is 12.6. The molecule has 0 amide bonds. The summed E-state index contributed by atoms with van der Waals surface area (Å²) in [5.74, 6) is 0. The Hall–Kier alpha value is -0.880. The Kier molecular flexibility index (Phi) is 4.99. The van der Waals surface area contributed by atoms with E-state index in [1.54, 1.807) is 0 Å². The number of hydrogen-bond acceptors (Lipinski definition) is 2. The van der Waals surface area contributed by atoms with Crippen LogP contribution < -0.4 is 5.32 Å². The van der Waals surface area contributed by atoms with Crippen molar-refractivity contribution in [1.82, 2.24) is 15.1 Å². The van der Waals surface area contributed by atoms with Gasteiger partial charge in [0.1, 0.15) is 0 Å². The fraction of sp³-hybridized carbons (Fsp3) is 0.400. The maximum Gasteiger partial charge on any atom is 0.0669 e. The molecular weight excluding hydrogens is 349 g/mol. The first-order valence-corrected chi connectivity index (χ1v) is 7.66. The maximum absolute atomic E-state index is 4.53. The molecule has 0 bridgehead atoms. The minimum atomic E-state index is 0.323. The second kappa shape index (κ2) is 6.52. The van der Waals surface area contributed by atoms with E-state index in [0.29, 0.717) is 6.04 Å². The molecule has 1 unspecified atom stereocenters. The third-order valence-electron chi connectivity index (χ3n) is 3.35. The summed E-state index contributed by atoms with van der Waals surface area (Å²) in [7, 11) is 4.00. The lowest BCUT2D eigenvalue weighted by Crippen LogP contribution is -2.19. The van der Waals surface area contributed by atoms with E-state index < -0.39 is 0 Å². The largest absolute Gasteiger partial charge is 0.313 e. The maximum atomic E-state index is 4.53. The molecule has 4 heteroatoms. The van der Waals surface area contributed by atoms with Gasteiger partial charge in [0.15, 0.2) is 0 Å². The number of nitrogens with zero attached hydrogens (tertiary/aromatic N) is 2. The molecule has 0 fully saturated rings. The molecule has 102 valence electrons. The lowest BCUT2D eigenvalue weighted by Gasteiger charge is -2.16. The van der Waals surface area contributed by atoms with E-state index in [1.165, 1.54) is 20.4 Å². The van der Waals surface area contributed by atoms with Gasteiger partial charge in [-0.15, -0.1) is 0 Å². The highest BCUT2D eigenvalue weighted by Gasteiger charge is 2.16. The minimum absolute atomic E-state index is 0.323. The van der Waals surface area contributed by atoms with Crippen molar-refractivity contribution in [2.45, 2.75) is 25.8 Å². The molecule has 3 nitrogen and oxygen atoms in total. The molecule has 0 aliphatic rings. The van der Waals surface area contributed by atoms with Gasteiger partial charge >= 0.3 is 0 Å². The summed E-state index contributed by atoms with van der Waals surface area (Å²) in [5.41, 5.74) is 3.85. The second-order valence-electron chi connectivity index (χ2n) is 4.73. The third kappa shape index (κ3) is 3.57. The highest BCUT2D eigenvalue weighted by Crippen LogP contribution is 2.22. The molecular formula is C15H20IN3. The molecule has 0 saturated carbocycles. The molecule has 1 N–H and O–H groups in total. The van der Waals surface area contributed by atoms with Crippen molar-refractivity contribution >= 4 is 22.6 Å². The summed E-state index contributed by atoms with van der Waals surface area (Å²) in [6.07, 6.45) is 4.10. The van der Waals surface area contributed by atoms with Crippen molar-refractivity contribution in [3.8, 4) is 0 Å². The fourth-order valence-corrected chi connectivity index (χ4v) is 2.70. The fourth-order valence-electron chi connectivity index (χ4n) is 2.34. The first-order chi connectivity index (χ1) is 9.13. The Balaban J connectivity index is 2.22. The van der Waals surface area contributed by atoms with Crippen molar-refractivity contribution in [3.05, 3.63) is 50.9 Å². The van der Waals surface area contributed by atoms with Gasteiger partial charge in [-0.3, -0.25) is 4.68 Å². The minimum Gasteiger partial charge on any atom is -0.313 e. The Labute approximate surface area is 128 Å². The van der Waals surface area contributed by atoms with E-state index in [9.17, 15) is 0 Å². The van der Waals surface area contributed by atoms with Gasteiger partial charge in [0.2, 0.25) is 0 Å². The SMILES string of the molecule is CCc1nn(C)cc1C(Cc1ccc(I)cc1)NC. The third-order valence-corrected chi connectivity index (χ3v) is 4.07. The zero-order valence-corrected chi connectivity index (χ0v) is 13.8. The van der Waals surface area contributed by atoms with Crippen molar-refractivity contribution in [2.75, 3.05) is 7.05 Å². The summed E-state index contributed by atoms with van der Waals surface area (Å²) < 4.78 is 3.19. The van der Waals surface area contributed by atoms with Gasteiger partial charge in [0.25, 0.3) is 0 Å². The molecule has 19 heavy (non-hydrogen) atoms. The van der Waals surface area contributed by atoms with Crippen LogP contribution in [0.15, 0.2) is 30.5 Å². The first kappa shape index (κ1) is 14.5. The molecule has 2 rings (SSSR count). The predicted molar refractivity (Wildman–Crippen MR) is 87.2 cm³/mol. The van der Waals surface area contributed by atoms with Gasteiger partial charge in [0, 0.05) is 28.4 Å². The van der Waals surface area contributed by atoms with Crippen LogP contribution in [-0.4, -0.2) is 16.8 Å². The zero-order chi connectivity index (χ0) is 13.8. The molecule has 0 aliphatic carbocycles. The average Bonchev–Trinajstić information content (AvgIpc) is 2.79. The van der Waals surface area contributed by atoms with Gasteiger partial charge in [-0.05, 0) is 60.2 Å². The molecule has 0 spiro atoms. The summed E-state index contributed by atoms with van der Waals surface area (Å²) in [4.78, 5) is 0. The quantitative estimate of drug-likeness (QED) is 0.821. The van der Waals surface area contributed by atoms with Crippen LogP contribution in [0.4, 0.5) is 0 Å². The highest BCUT2D eigenvalue weighted by molar-refractivity contribution is 14.1. The standard InChI is InChI=1S/C15H20IN3/c1-4-14-13(10-19(3)18-14)15(17-2)9-11-5-7-12(16)8-6-11/h5-8,10,15,17H,4,9H2,1-3H3. The van der Waals surface area contributed by atoms with Crippen molar-refractivity contribution in [1.29, 1.82) is 0 Å². The number of likely N-dealkylation sites (N-methyl/N-ethyl adjacent to an activating group) is 1. The molecule has 0 aliphatic heterocycles.